The van der Waals surface area contributed by atoms with Crippen molar-refractivity contribution in [3.63, 3.8) is 0 Å². The van der Waals surface area contributed by atoms with Crippen molar-refractivity contribution in [3.05, 3.63) is 11.9 Å². The van der Waals surface area contributed by atoms with Gasteiger partial charge in [0.1, 0.15) is 5.69 Å². The molecule has 0 bridgehead atoms. The molecule has 5 heteroatoms. The van der Waals surface area contributed by atoms with E-state index in [1.54, 1.807) is 0 Å². The Hall–Kier alpha value is -1.07. The van der Waals surface area contributed by atoms with Gasteiger partial charge in [-0.2, -0.15) is 5.10 Å². The molecule has 0 aliphatic carbocycles. The summed E-state index contributed by atoms with van der Waals surface area (Å²) in [6.45, 7) is 4.51. The Morgan fingerprint density at radius 2 is 2.29 bits per heavy atom. The van der Waals surface area contributed by atoms with Crippen LogP contribution in [0.3, 0.4) is 0 Å². The highest BCUT2D eigenvalue weighted by Crippen LogP contribution is 2.12. The first-order valence-corrected chi connectivity index (χ1v) is 4.88. The molecule has 0 atom stereocenters. The molecule has 0 radical (unpaired) electrons. The van der Waals surface area contributed by atoms with Crippen molar-refractivity contribution in [1.82, 2.24) is 15.1 Å². The lowest BCUT2D eigenvalue weighted by Crippen LogP contribution is -2.37. The van der Waals surface area contributed by atoms with Gasteiger partial charge in [-0.25, -0.2) is 0 Å². The Morgan fingerprint density at radius 3 is 2.93 bits per heavy atom. The number of aromatic hydroxyl groups is 1. The lowest BCUT2D eigenvalue weighted by molar-refractivity contribution is 0.0383. The summed E-state index contributed by atoms with van der Waals surface area (Å²) in [7, 11) is 0. The van der Waals surface area contributed by atoms with E-state index in [9.17, 15) is 5.11 Å². The Kier molecular flexibility index (Phi) is 3.00. The molecule has 0 unspecified atom stereocenters. The van der Waals surface area contributed by atoms with E-state index in [4.69, 9.17) is 4.74 Å². The number of ether oxygens (including phenoxy) is 1. The van der Waals surface area contributed by atoms with Crippen LogP contribution in [0.4, 0.5) is 0 Å². The fourth-order valence-corrected chi connectivity index (χ4v) is 1.58. The molecule has 5 nitrogen and oxygen atoms in total. The number of morpholine rings is 1. The molecular formula is C9H15N3O2. The summed E-state index contributed by atoms with van der Waals surface area (Å²) in [4.78, 5) is 2.32. The summed E-state index contributed by atoms with van der Waals surface area (Å²) in [5.41, 5.74) is 0.747. The van der Waals surface area contributed by atoms with Crippen LogP contribution in [0.5, 0.6) is 5.75 Å². The minimum Gasteiger partial charge on any atom is -0.504 e. The van der Waals surface area contributed by atoms with Crippen LogP contribution in [0.25, 0.3) is 0 Å². The van der Waals surface area contributed by atoms with E-state index in [1.165, 1.54) is 6.20 Å². The SMILES string of the molecule is Oc1c[nH]nc1CCN1CCOCC1. The van der Waals surface area contributed by atoms with E-state index in [1.807, 2.05) is 0 Å². The third kappa shape index (κ3) is 2.24. The summed E-state index contributed by atoms with van der Waals surface area (Å²) in [5, 5.41) is 16.0. The van der Waals surface area contributed by atoms with Crippen molar-refractivity contribution in [3.8, 4) is 5.75 Å². The molecule has 1 saturated heterocycles. The first-order chi connectivity index (χ1) is 6.86. The second-order valence-electron chi connectivity index (χ2n) is 3.42. The van der Waals surface area contributed by atoms with E-state index >= 15 is 0 Å². The standard InChI is InChI=1S/C9H15N3O2/c13-9-7-10-11-8(9)1-2-12-3-5-14-6-4-12/h7,13H,1-6H2,(H,10,11). The number of hydrogen-bond acceptors (Lipinski definition) is 4. The van der Waals surface area contributed by atoms with Gasteiger partial charge in [0, 0.05) is 26.1 Å². The van der Waals surface area contributed by atoms with Gasteiger partial charge in [-0.1, -0.05) is 0 Å². The topological polar surface area (TPSA) is 61.4 Å². The lowest BCUT2D eigenvalue weighted by Gasteiger charge is -2.26. The van der Waals surface area contributed by atoms with Crippen molar-refractivity contribution in [2.45, 2.75) is 6.42 Å². The van der Waals surface area contributed by atoms with Crippen LogP contribution < -0.4 is 0 Å². The van der Waals surface area contributed by atoms with Crippen LogP contribution in [0.2, 0.25) is 0 Å². The zero-order chi connectivity index (χ0) is 9.80. The molecule has 0 aromatic carbocycles. The van der Waals surface area contributed by atoms with Gasteiger partial charge in [0.2, 0.25) is 0 Å². The number of nitrogens with zero attached hydrogens (tertiary/aromatic N) is 2. The van der Waals surface area contributed by atoms with Gasteiger partial charge in [-0.05, 0) is 0 Å². The van der Waals surface area contributed by atoms with E-state index in [0.29, 0.717) is 0 Å². The van der Waals surface area contributed by atoms with Gasteiger partial charge in [0.15, 0.2) is 5.75 Å². The Balaban J connectivity index is 1.79. The molecule has 2 rings (SSSR count). The summed E-state index contributed by atoms with van der Waals surface area (Å²) in [6.07, 6.45) is 2.30. The third-order valence-corrected chi connectivity index (χ3v) is 2.46. The van der Waals surface area contributed by atoms with E-state index in [2.05, 4.69) is 15.1 Å². The molecule has 0 amide bonds. The zero-order valence-electron chi connectivity index (χ0n) is 8.07. The minimum atomic E-state index is 0.262. The van der Waals surface area contributed by atoms with Crippen molar-refractivity contribution < 1.29 is 9.84 Å². The number of H-pyrrole nitrogens is 1. The van der Waals surface area contributed by atoms with E-state index < -0.39 is 0 Å². The predicted octanol–water partition coefficient (Wildman–Crippen LogP) is -0.0100. The first-order valence-electron chi connectivity index (χ1n) is 4.88. The average Bonchev–Trinajstić information content (AvgIpc) is 2.63. The number of aromatic nitrogens is 2. The van der Waals surface area contributed by atoms with Crippen molar-refractivity contribution in [2.24, 2.45) is 0 Å². The molecular weight excluding hydrogens is 182 g/mol. The quantitative estimate of drug-likeness (QED) is 0.715. The molecule has 1 aliphatic heterocycles. The van der Waals surface area contributed by atoms with Gasteiger partial charge in [-0.3, -0.25) is 10.00 Å². The van der Waals surface area contributed by atoms with Gasteiger partial charge in [0.25, 0.3) is 0 Å². The number of aromatic amines is 1. The number of hydrogen-bond donors (Lipinski definition) is 2. The normalized spacial score (nSPS) is 18.6. The minimum absolute atomic E-state index is 0.262. The van der Waals surface area contributed by atoms with Crippen LogP contribution in [0, 0.1) is 0 Å². The molecule has 78 valence electrons. The van der Waals surface area contributed by atoms with Crippen LogP contribution >= 0.6 is 0 Å². The third-order valence-electron chi connectivity index (χ3n) is 2.46. The summed E-state index contributed by atoms with van der Waals surface area (Å²) < 4.78 is 5.25. The van der Waals surface area contributed by atoms with Crippen molar-refractivity contribution >= 4 is 0 Å². The van der Waals surface area contributed by atoms with Crippen LogP contribution in [-0.2, 0) is 11.2 Å². The van der Waals surface area contributed by atoms with Crippen LogP contribution in [-0.4, -0.2) is 53.1 Å². The van der Waals surface area contributed by atoms with Gasteiger partial charge >= 0.3 is 0 Å². The maximum Gasteiger partial charge on any atom is 0.156 e. The molecule has 0 spiro atoms. The van der Waals surface area contributed by atoms with Crippen molar-refractivity contribution in [2.75, 3.05) is 32.8 Å². The largest absolute Gasteiger partial charge is 0.504 e. The maximum atomic E-state index is 9.34. The molecule has 1 fully saturated rings. The number of nitrogens with one attached hydrogen (secondary N) is 1. The molecule has 2 heterocycles. The fourth-order valence-electron chi connectivity index (χ4n) is 1.58. The Labute approximate surface area is 82.7 Å². The maximum absolute atomic E-state index is 9.34. The van der Waals surface area contributed by atoms with E-state index in [-0.39, 0.29) is 5.75 Å². The number of rotatable bonds is 3. The molecule has 2 N–H and O–H groups in total. The van der Waals surface area contributed by atoms with Crippen LogP contribution in [0.1, 0.15) is 5.69 Å². The molecule has 0 saturated carbocycles. The highest BCUT2D eigenvalue weighted by molar-refractivity contribution is 5.21. The van der Waals surface area contributed by atoms with Gasteiger partial charge in [-0.15, -0.1) is 0 Å². The highest BCUT2D eigenvalue weighted by atomic mass is 16.5. The Bertz CT molecular complexity index is 281. The van der Waals surface area contributed by atoms with Gasteiger partial charge in [0.05, 0.1) is 19.4 Å². The zero-order valence-corrected chi connectivity index (χ0v) is 8.07. The molecule has 1 aromatic rings. The predicted molar refractivity (Wildman–Crippen MR) is 51.2 cm³/mol. The first kappa shape index (κ1) is 9.48. The Morgan fingerprint density at radius 1 is 1.50 bits per heavy atom. The lowest BCUT2D eigenvalue weighted by atomic mass is 10.2. The van der Waals surface area contributed by atoms with E-state index in [0.717, 1.165) is 45.0 Å². The molecule has 1 aliphatic rings. The smallest absolute Gasteiger partial charge is 0.156 e. The second kappa shape index (κ2) is 4.43. The van der Waals surface area contributed by atoms with Crippen molar-refractivity contribution in [1.29, 1.82) is 0 Å². The summed E-state index contributed by atoms with van der Waals surface area (Å²) >= 11 is 0. The monoisotopic (exact) mass is 197 g/mol. The summed E-state index contributed by atoms with van der Waals surface area (Å²) in [5.74, 6) is 0.262. The molecule has 14 heavy (non-hydrogen) atoms. The van der Waals surface area contributed by atoms with Gasteiger partial charge < -0.3 is 9.84 Å². The average molecular weight is 197 g/mol. The summed E-state index contributed by atoms with van der Waals surface area (Å²) in [6, 6.07) is 0. The van der Waals surface area contributed by atoms with Crippen LogP contribution in [0.15, 0.2) is 6.20 Å². The second-order valence-corrected chi connectivity index (χ2v) is 3.42. The fraction of sp³-hybridized carbons (Fsp3) is 0.667. The molecule has 1 aromatic heterocycles. The highest BCUT2D eigenvalue weighted by Gasteiger charge is 2.11.